The van der Waals surface area contributed by atoms with Crippen LogP contribution in [0.3, 0.4) is 0 Å². The Hall–Kier alpha value is -0.920. The molecule has 5 nitrogen and oxygen atoms in total. The highest BCUT2D eigenvalue weighted by Crippen LogP contribution is 2.22. The minimum Gasteiger partial charge on any atom is -0.446 e. The zero-order valence-corrected chi connectivity index (χ0v) is 12.0. The zero-order valence-electron chi connectivity index (χ0n) is 8.79. The van der Waals surface area contributed by atoms with Crippen LogP contribution in [0.4, 0.5) is 0 Å². The molecular weight excluding hydrogens is 356 g/mol. The summed E-state index contributed by atoms with van der Waals surface area (Å²) in [5.41, 5.74) is 0.258. The van der Waals surface area contributed by atoms with E-state index in [0.717, 1.165) is 0 Å². The van der Waals surface area contributed by atoms with Gasteiger partial charge in [0.25, 0.3) is 5.56 Å². The number of methoxy groups -OCH3 is 1. The highest BCUT2D eigenvalue weighted by molar-refractivity contribution is 9.10. The SMILES string of the molecule is COCc1nc(-c2ccc(Br)o2)[nH]c(=O)c1Br. The van der Waals surface area contributed by atoms with Gasteiger partial charge in [-0.2, -0.15) is 0 Å². The lowest BCUT2D eigenvalue weighted by Crippen LogP contribution is -2.13. The van der Waals surface area contributed by atoms with Gasteiger partial charge in [-0.1, -0.05) is 0 Å². The number of nitrogens with one attached hydrogen (secondary N) is 1. The number of nitrogens with zero attached hydrogens (tertiary/aromatic N) is 1. The van der Waals surface area contributed by atoms with Crippen LogP contribution in [0.25, 0.3) is 11.6 Å². The molecule has 0 fully saturated rings. The Morgan fingerprint density at radius 2 is 2.24 bits per heavy atom. The Bertz CT molecular complexity index is 591. The van der Waals surface area contributed by atoms with E-state index >= 15 is 0 Å². The third-order valence-corrected chi connectivity index (χ3v) is 3.26. The second kappa shape index (κ2) is 5.16. The summed E-state index contributed by atoms with van der Waals surface area (Å²) in [4.78, 5) is 18.5. The number of halogens is 2. The van der Waals surface area contributed by atoms with Crippen LogP contribution in [-0.4, -0.2) is 17.1 Å². The van der Waals surface area contributed by atoms with E-state index < -0.39 is 0 Å². The van der Waals surface area contributed by atoms with Gasteiger partial charge in [0.05, 0.1) is 12.3 Å². The van der Waals surface area contributed by atoms with Crippen molar-refractivity contribution in [2.75, 3.05) is 7.11 Å². The maximum Gasteiger partial charge on any atom is 0.265 e. The third-order valence-electron chi connectivity index (χ3n) is 2.02. The van der Waals surface area contributed by atoms with Gasteiger partial charge < -0.3 is 14.1 Å². The van der Waals surface area contributed by atoms with Gasteiger partial charge in [0.15, 0.2) is 16.3 Å². The molecule has 0 aliphatic rings. The maximum atomic E-state index is 11.7. The number of ether oxygens (including phenoxy) is 1. The summed E-state index contributed by atoms with van der Waals surface area (Å²) < 4.78 is 11.2. The van der Waals surface area contributed by atoms with Crippen molar-refractivity contribution in [2.24, 2.45) is 0 Å². The fraction of sp³-hybridized carbons (Fsp3) is 0.200. The Labute approximate surface area is 113 Å². The van der Waals surface area contributed by atoms with Gasteiger partial charge in [-0.25, -0.2) is 4.98 Å². The lowest BCUT2D eigenvalue weighted by molar-refractivity contribution is 0.180. The summed E-state index contributed by atoms with van der Waals surface area (Å²) in [7, 11) is 1.54. The van der Waals surface area contributed by atoms with Crippen LogP contribution in [0.2, 0.25) is 0 Å². The molecule has 0 aromatic carbocycles. The Kier molecular flexibility index (Phi) is 3.80. The molecule has 2 rings (SSSR count). The zero-order chi connectivity index (χ0) is 12.4. The summed E-state index contributed by atoms with van der Waals surface area (Å²) in [5, 5.41) is 0. The van der Waals surface area contributed by atoms with Crippen LogP contribution < -0.4 is 5.56 Å². The molecule has 0 spiro atoms. The molecule has 17 heavy (non-hydrogen) atoms. The van der Waals surface area contributed by atoms with E-state index in [1.807, 2.05) is 0 Å². The van der Waals surface area contributed by atoms with Gasteiger partial charge >= 0.3 is 0 Å². The summed E-state index contributed by atoms with van der Waals surface area (Å²) in [6.45, 7) is 0.249. The Balaban J connectivity index is 2.52. The number of rotatable bonds is 3. The highest BCUT2D eigenvalue weighted by Gasteiger charge is 2.12. The van der Waals surface area contributed by atoms with Gasteiger partial charge in [-0.3, -0.25) is 4.79 Å². The fourth-order valence-corrected chi connectivity index (χ4v) is 1.90. The molecule has 2 aromatic rings. The Morgan fingerprint density at radius 3 is 2.82 bits per heavy atom. The monoisotopic (exact) mass is 362 g/mol. The number of H-pyrrole nitrogens is 1. The first-order valence-electron chi connectivity index (χ1n) is 4.65. The molecule has 0 amide bonds. The normalized spacial score (nSPS) is 10.8. The fourth-order valence-electron chi connectivity index (χ4n) is 1.30. The standard InChI is InChI=1S/C10H8Br2N2O3/c1-16-4-5-8(12)10(15)14-9(13-5)6-2-3-7(11)17-6/h2-3H,4H2,1H3,(H,13,14,15). The summed E-state index contributed by atoms with van der Waals surface area (Å²) in [6.07, 6.45) is 0. The average molecular weight is 364 g/mol. The summed E-state index contributed by atoms with van der Waals surface area (Å²) in [5.74, 6) is 0.856. The van der Waals surface area contributed by atoms with E-state index in [1.165, 1.54) is 0 Å². The van der Waals surface area contributed by atoms with Crippen LogP contribution >= 0.6 is 31.9 Å². The van der Waals surface area contributed by atoms with Crippen LogP contribution in [0.1, 0.15) is 5.69 Å². The van der Waals surface area contributed by atoms with Crippen molar-refractivity contribution in [1.29, 1.82) is 0 Å². The molecule has 0 aliphatic heterocycles. The van der Waals surface area contributed by atoms with Gasteiger partial charge in [-0.15, -0.1) is 0 Å². The van der Waals surface area contributed by atoms with Gasteiger partial charge in [0.2, 0.25) is 0 Å². The van der Waals surface area contributed by atoms with Gasteiger partial charge in [-0.05, 0) is 44.0 Å². The number of hydrogen-bond acceptors (Lipinski definition) is 4. The molecule has 0 aliphatic carbocycles. The quantitative estimate of drug-likeness (QED) is 0.910. The van der Waals surface area contributed by atoms with Crippen molar-refractivity contribution in [2.45, 2.75) is 6.61 Å². The van der Waals surface area contributed by atoms with Crippen molar-refractivity contribution in [3.8, 4) is 11.6 Å². The van der Waals surface area contributed by atoms with Crippen molar-refractivity contribution in [3.05, 3.63) is 37.3 Å². The molecule has 90 valence electrons. The molecule has 0 bridgehead atoms. The lowest BCUT2D eigenvalue weighted by Gasteiger charge is -2.03. The molecule has 0 unspecified atom stereocenters. The molecule has 0 radical (unpaired) electrons. The topological polar surface area (TPSA) is 68.1 Å². The van der Waals surface area contributed by atoms with Crippen molar-refractivity contribution < 1.29 is 9.15 Å². The van der Waals surface area contributed by atoms with Gasteiger partial charge in [0, 0.05) is 7.11 Å². The van der Waals surface area contributed by atoms with E-state index in [9.17, 15) is 4.79 Å². The maximum absolute atomic E-state index is 11.7. The van der Waals surface area contributed by atoms with Crippen molar-refractivity contribution in [3.63, 3.8) is 0 Å². The minimum atomic E-state index is -0.269. The second-order valence-electron chi connectivity index (χ2n) is 3.21. The molecular formula is C10H8Br2N2O3. The number of furan rings is 1. The van der Waals surface area contributed by atoms with Gasteiger partial charge in [0.1, 0.15) is 4.47 Å². The third kappa shape index (κ3) is 2.67. The van der Waals surface area contributed by atoms with E-state index in [1.54, 1.807) is 19.2 Å². The molecule has 7 heteroatoms. The second-order valence-corrected chi connectivity index (χ2v) is 4.79. The van der Waals surface area contributed by atoms with Crippen LogP contribution in [0, 0.1) is 0 Å². The Morgan fingerprint density at radius 1 is 1.47 bits per heavy atom. The predicted molar refractivity (Wildman–Crippen MR) is 68.7 cm³/mol. The van der Waals surface area contributed by atoms with Crippen molar-refractivity contribution >= 4 is 31.9 Å². The molecule has 0 saturated carbocycles. The lowest BCUT2D eigenvalue weighted by atomic mass is 10.3. The van der Waals surface area contributed by atoms with E-state index in [0.29, 0.717) is 26.4 Å². The van der Waals surface area contributed by atoms with E-state index in [4.69, 9.17) is 9.15 Å². The molecule has 0 saturated heterocycles. The van der Waals surface area contributed by atoms with E-state index in [-0.39, 0.29) is 12.2 Å². The van der Waals surface area contributed by atoms with Crippen LogP contribution in [0.5, 0.6) is 0 Å². The first kappa shape index (κ1) is 12.5. The first-order valence-corrected chi connectivity index (χ1v) is 6.23. The summed E-state index contributed by atoms with van der Waals surface area (Å²) in [6, 6.07) is 3.44. The summed E-state index contributed by atoms with van der Waals surface area (Å²) >= 11 is 6.36. The number of aromatic amines is 1. The first-order chi connectivity index (χ1) is 8.11. The predicted octanol–water partition coefficient (Wildman–Crippen LogP) is 2.70. The number of aromatic nitrogens is 2. The molecule has 2 heterocycles. The highest BCUT2D eigenvalue weighted by atomic mass is 79.9. The van der Waals surface area contributed by atoms with Crippen LogP contribution in [-0.2, 0) is 11.3 Å². The average Bonchev–Trinajstić information content (AvgIpc) is 2.71. The smallest absolute Gasteiger partial charge is 0.265 e. The number of hydrogen-bond donors (Lipinski definition) is 1. The minimum absolute atomic E-state index is 0.249. The largest absolute Gasteiger partial charge is 0.446 e. The molecule has 0 atom stereocenters. The molecule has 1 N–H and O–H groups in total. The van der Waals surface area contributed by atoms with Crippen LogP contribution in [0.15, 0.2) is 30.5 Å². The van der Waals surface area contributed by atoms with E-state index in [2.05, 4.69) is 41.8 Å². The van der Waals surface area contributed by atoms with Crippen molar-refractivity contribution in [1.82, 2.24) is 9.97 Å². The molecule has 2 aromatic heterocycles.